The lowest BCUT2D eigenvalue weighted by Crippen LogP contribution is -2.47. The van der Waals surface area contributed by atoms with Gasteiger partial charge in [0.15, 0.2) is 0 Å². The number of amides is 1. The van der Waals surface area contributed by atoms with Gasteiger partial charge in [-0.3, -0.25) is 10.1 Å². The molecule has 0 aliphatic carbocycles. The van der Waals surface area contributed by atoms with E-state index in [0.29, 0.717) is 11.9 Å². The molecule has 4 atom stereocenters. The zero-order chi connectivity index (χ0) is 12.4. The molecule has 0 spiro atoms. The van der Waals surface area contributed by atoms with Crippen LogP contribution in [-0.4, -0.2) is 41.8 Å². The molecule has 98 valence electrons. The van der Waals surface area contributed by atoms with Gasteiger partial charge in [-0.15, -0.1) is 0 Å². The lowest BCUT2D eigenvalue weighted by molar-refractivity contribution is -0.135. The average molecular weight is 240 g/mol. The van der Waals surface area contributed by atoms with E-state index in [1.807, 2.05) is 0 Å². The lowest BCUT2D eigenvalue weighted by Gasteiger charge is -2.36. The number of carbonyl (C=O) groups is 1. The van der Waals surface area contributed by atoms with Crippen LogP contribution in [-0.2, 0) is 9.53 Å². The van der Waals surface area contributed by atoms with Crippen molar-refractivity contribution < 1.29 is 9.53 Å². The first-order valence-corrected chi connectivity index (χ1v) is 6.83. The molecule has 2 heterocycles. The van der Waals surface area contributed by atoms with Crippen LogP contribution >= 0.6 is 0 Å². The van der Waals surface area contributed by atoms with Gasteiger partial charge in [-0.05, 0) is 33.1 Å². The molecule has 4 nitrogen and oxygen atoms in total. The van der Waals surface area contributed by atoms with Crippen LogP contribution in [0, 0.1) is 0 Å². The van der Waals surface area contributed by atoms with Crippen molar-refractivity contribution in [3.63, 3.8) is 0 Å². The van der Waals surface area contributed by atoms with Crippen molar-refractivity contribution in [3.05, 3.63) is 0 Å². The molecule has 2 aliphatic rings. The van der Waals surface area contributed by atoms with Crippen molar-refractivity contribution in [3.8, 4) is 0 Å². The molecule has 0 aromatic carbocycles. The number of carbonyl (C=O) groups excluding carboxylic acids is 1. The highest BCUT2D eigenvalue weighted by Gasteiger charge is 2.40. The van der Waals surface area contributed by atoms with Crippen molar-refractivity contribution in [2.45, 2.75) is 70.8 Å². The molecule has 2 fully saturated rings. The van der Waals surface area contributed by atoms with E-state index in [1.54, 1.807) is 0 Å². The smallest absolute Gasteiger partial charge is 0.241 e. The van der Waals surface area contributed by atoms with Gasteiger partial charge in [-0.1, -0.05) is 13.3 Å². The summed E-state index contributed by atoms with van der Waals surface area (Å²) >= 11 is 0. The van der Waals surface area contributed by atoms with Crippen LogP contribution < -0.4 is 5.32 Å². The van der Waals surface area contributed by atoms with Gasteiger partial charge in [0.05, 0.1) is 18.3 Å². The lowest BCUT2D eigenvalue weighted by atomic mass is 10.0. The summed E-state index contributed by atoms with van der Waals surface area (Å²) in [5, 5.41) is 3.40. The second kappa shape index (κ2) is 5.36. The predicted octanol–water partition coefficient (Wildman–Crippen LogP) is 1.50. The van der Waals surface area contributed by atoms with Crippen molar-refractivity contribution in [1.82, 2.24) is 10.2 Å². The molecule has 4 heteroatoms. The monoisotopic (exact) mass is 240 g/mol. The molecule has 0 radical (unpaired) electrons. The van der Waals surface area contributed by atoms with E-state index < -0.39 is 0 Å². The third kappa shape index (κ3) is 2.63. The van der Waals surface area contributed by atoms with E-state index in [4.69, 9.17) is 4.74 Å². The van der Waals surface area contributed by atoms with Crippen molar-refractivity contribution in [2.24, 2.45) is 0 Å². The fourth-order valence-corrected chi connectivity index (χ4v) is 3.03. The second-order valence-electron chi connectivity index (χ2n) is 5.29. The molecule has 0 saturated carbocycles. The Bertz CT molecular complexity index is 283. The SMILES string of the molecule is CCCC1NC(C)N(C2CCOC(C)C2)C1=O. The van der Waals surface area contributed by atoms with Gasteiger partial charge in [0.2, 0.25) is 5.91 Å². The Hall–Kier alpha value is -0.610. The molecule has 0 aromatic heterocycles. The van der Waals surface area contributed by atoms with Crippen LogP contribution in [0.3, 0.4) is 0 Å². The van der Waals surface area contributed by atoms with Crippen molar-refractivity contribution in [1.29, 1.82) is 0 Å². The van der Waals surface area contributed by atoms with Gasteiger partial charge in [-0.25, -0.2) is 0 Å². The van der Waals surface area contributed by atoms with Gasteiger partial charge >= 0.3 is 0 Å². The van der Waals surface area contributed by atoms with Crippen LogP contribution in [0.2, 0.25) is 0 Å². The van der Waals surface area contributed by atoms with Crippen molar-refractivity contribution >= 4 is 5.91 Å². The van der Waals surface area contributed by atoms with E-state index >= 15 is 0 Å². The molecule has 0 bridgehead atoms. The Balaban J connectivity index is 2.02. The topological polar surface area (TPSA) is 41.6 Å². The number of nitrogens with one attached hydrogen (secondary N) is 1. The Morgan fingerprint density at radius 3 is 2.88 bits per heavy atom. The number of rotatable bonds is 3. The Morgan fingerprint density at radius 2 is 2.24 bits per heavy atom. The normalized spacial score (nSPS) is 38.8. The minimum Gasteiger partial charge on any atom is -0.378 e. The molecule has 1 N–H and O–H groups in total. The summed E-state index contributed by atoms with van der Waals surface area (Å²) < 4.78 is 5.55. The standard InChI is InChI=1S/C13H24N2O2/c1-4-5-12-13(16)15(10(3)14-12)11-6-7-17-9(2)8-11/h9-12,14H,4-8H2,1-3H3. The minimum absolute atomic E-state index is 0.0353. The summed E-state index contributed by atoms with van der Waals surface area (Å²) in [6.07, 6.45) is 4.39. The fraction of sp³-hybridized carbons (Fsp3) is 0.923. The molecule has 1 amide bonds. The quantitative estimate of drug-likeness (QED) is 0.813. The Morgan fingerprint density at radius 1 is 1.47 bits per heavy atom. The van der Waals surface area contributed by atoms with Crippen LogP contribution in [0.5, 0.6) is 0 Å². The van der Waals surface area contributed by atoms with Gasteiger partial charge < -0.3 is 9.64 Å². The summed E-state index contributed by atoms with van der Waals surface area (Å²) in [5.74, 6) is 0.290. The van der Waals surface area contributed by atoms with Gasteiger partial charge in [0.25, 0.3) is 0 Å². The molecule has 2 rings (SSSR count). The zero-order valence-electron chi connectivity index (χ0n) is 11.1. The third-order valence-electron chi connectivity index (χ3n) is 3.84. The molecule has 2 aliphatic heterocycles. The zero-order valence-corrected chi connectivity index (χ0v) is 11.1. The predicted molar refractivity (Wildman–Crippen MR) is 66.6 cm³/mol. The number of hydrogen-bond donors (Lipinski definition) is 1. The van der Waals surface area contributed by atoms with Crippen LogP contribution in [0.15, 0.2) is 0 Å². The molecule has 2 saturated heterocycles. The summed E-state index contributed by atoms with van der Waals surface area (Å²) in [6, 6.07) is 0.392. The first-order chi connectivity index (χ1) is 8.13. The summed E-state index contributed by atoms with van der Waals surface area (Å²) in [4.78, 5) is 14.4. The summed E-state index contributed by atoms with van der Waals surface area (Å²) in [6.45, 7) is 7.08. The molecule has 0 aromatic rings. The largest absolute Gasteiger partial charge is 0.378 e. The first kappa shape index (κ1) is 12.8. The first-order valence-electron chi connectivity index (χ1n) is 6.83. The average Bonchev–Trinajstić information content (AvgIpc) is 2.55. The van der Waals surface area contributed by atoms with Crippen LogP contribution in [0.4, 0.5) is 0 Å². The fourth-order valence-electron chi connectivity index (χ4n) is 3.03. The maximum absolute atomic E-state index is 12.3. The highest BCUT2D eigenvalue weighted by Crippen LogP contribution is 2.25. The maximum atomic E-state index is 12.3. The summed E-state index contributed by atoms with van der Waals surface area (Å²) in [7, 11) is 0. The van der Waals surface area contributed by atoms with E-state index in [2.05, 4.69) is 31.0 Å². The second-order valence-corrected chi connectivity index (χ2v) is 5.29. The molecular weight excluding hydrogens is 216 g/mol. The van der Waals surface area contributed by atoms with E-state index in [-0.39, 0.29) is 18.3 Å². The van der Waals surface area contributed by atoms with Gasteiger partial charge in [-0.2, -0.15) is 0 Å². The number of nitrogens with zero attached hydrogens (tertiary/aromatic N) is 1. The van der Waals surface area contributed by atoms with Gasteiger partial charge in [0, 0.05) is 12.6 Å². The van der Waals surface area contributed by atoms with E-state index in [1.165, 1.54) is 0 Å². The highest BCUT2D eigenvalue weighted by atomic mass is 16.5. The molecular formula is C13H24N2O2. The maximum Gasteiger partial charge on any atom is 0.241 e. The van der Waals surface area contributed by atoms with Crippen LogP contribution in [0.25, 0.3) is 0 Å². The highest BCUT2D eigenvalue weighted by molar-refractivity contribution is 5.84. The molecule has 4 unspecified atom stereocenters. The number of hydrogen-bond acceptors (Lipinski definition) is 3. The van der Waals surface area contributed by atoms with Crippen molar-refractivity contribution in [2.75, 3.05) is 6.61 Å². The summed E-state index contributed by atoms with van der Waals surface area (Å²) in [5.41, 5.74) is 0. The molecule has 17 heavy (non-hydrogen) atoms. The minimum atomic E-state index is 0.0353. The van der Waals surface area contributed by atoms with E-state index in [0.717, 1.165) is 32.3 Å². The Labute approximate surface area is 104 Å². The van der Waals surface area contributed by atoms with Gasteiger partial charge in [0.1, 0.15) is 0 Å². The van der Waals surface area contributed by atoms with Crippen LogP contribution in [0.1, 0.15) is 46.5 Å². The third-order valence-corrected chi connectivity index (χ3v) is 3.84. The number of ether oxygens (including phenoxy) is 1. The Kier molecular flexibility index (Phi) is 4.05. The van der Waals surface area contributed by atoms with E-state index in [9.17, 15) is 4.79 Å².